The fourth-order valence-electron chi connectivity index (χ4n) is 6.23. The van der Waals surface area contributed by atoms with Crippen molar-refractivity contribution < 1.29 is 14.3 Å². The van der Waals surface area contributed by atoms with Crippen molar-refractivity contribution in [1.29, 1.82) is 0 Å². The zero-order valence-corrected chi connectivity index (χ0v) is 28.0. The van der Waals surface area contributed by atoms with E-state index in [9.17, 15) is 9.59 Å². The van der Waals surface area contributed by atoms with E-state index in [0.29, 0.717) is 25.4 Å². The van der Waals surface area contributed by atoms with E-state index in [2.05, 4.69) is 67.9 Å². The van der Waals surface area contributed by atoms with Crippen molar-refractivity contribution in [1.82, 2.24) is 30.8 Å². The monoisotopic (exact) mass is 608 g/mol. The number of amides is 2. The Morgan fingerprint density at radius 2 is 1.88 bits per heavy atom. The average Bonchev–Trinajstić information content (AvgIpc) is 3.33. The van der Waals surface area contributed by atoms with Crippen molar-refractivity contribution in [3.8, 4) is 10.4 Å². The van der Waals surface area contributed by atoms with E-state index in [-0.39, 0.29) is 28.9 Å². The summed E-state index contributed by atoms with van der Waals surface area (Å²) >= 11 is 1.63. The number of carbonyl (C=O) groups excluding carboxylic acids is 2. The normalized spacial score (nSPS) is 21.8. The maximum absolute atomic E-state index is 14.5. The molecule has 2 amide bonds. The van der Waals surface area contributed by atoms with Gasteiger partial charge in [-0.25, -0.2) is 4.98 Å². The van der Waals surface area contributed by atoms with Crippen LogP contribution >= 0.6 is 11.3 Å². The minimum absolute atomic E-state index is 0.0673. The zero-order chi connectivity index (χ0) is 31.3. The molecule has 1 aliphatic carbocycles. The van der Waals surface area contributed by atoms with Gasteiger partial charge in [-0.15, -0.1) is 16.9 Å². The number of likely N-dealkylation sites (tertiary alicyclic amines) is 1. The number of nitrogens with one attached hydrogen (secondary N) is 2. The fraction of sp³-hybridized carbons (Fsp3) is 0.606. The van der Waals surface area contributed by atoms with Crippen LogP contribution in [-0.4, -0.2) is 69.1 Å². The molecular weight excluding hydrogens is 560 g/mol. The molecule has 1 aromatic carbocycles. The maximum atomic E-state index is 14.5. The predicted octanol–water partition coefficient (Wildman–Crippen LogP) is 5.16. The lowest BCUT2D eigenvalue weighted by Gasteiger charge is -2.40. The average molecular weight is 609 g/mol. The molecule has 0 spiro atoms. The van der Waals surface area contributed by atoms with Crippen LogP contribution in [0.25, 0.3) is 10.4 Å². The van der Waals surface area contributed by atoms with Crippen LogP contribution in [0.1, 0.15) is 77.6 Å². The smallest absolute Gasteiger partial charge is 0.248 e. The van der Waals surface area contributed by atoms with E-state index in [1.165, 1.54) is 18.5 Å². The molecule has 3 atom stereocenters. The summed E-state index contributed by atoms with van der Waals surface area (Å²) in [4.78, 5) is 35.6. The first kappa shape index (κ1) is 31.5. The van der Waals surface area contributed by atoms with Crippen LogP contribution in [0.2, 0.25) is 0 Å². The highest BCUT2D eigenvalue weighted by Crippen LogP contribution is 2.40. The van der Waals surface area contributed by atoms with Crippen LogP contribution in [0.15, 0.2) is 35.6 Å². The molecule has 1 saturated heterocycles. The molecule has 2 aromatic rings. The van der Waals surface area contributed by atoms with Gasteiger partial charge in [-0.3, -0.25) is 19.6 Å². The lowest BCUT2D eigenvalue weighted by Crippen LogP contribution is -2.59. The second-order valence-corrected chi connectivity index (χ2v) is 15.2. The molecule has 1 aromatic heterocycles. The molecule has 2 aliphatic heterocycles. The summed E-state index contributed by atoms with van der Waals surface area (Å²) in [6.07, 6.45) is 4.67. The summed E-state index contributed by atoms with van der Waals surface area (Å²) < 4.78 is 6.34. The first-order chi connectivity index (χ1) is 20.1. The van der Waals surface area contributed by atoms with Crippen LogP contribution in [0.5, 0.6) is 0 Å². The quantitative estimate of drug-likeness (QED) is 0.428. The fourth-order valence-corrected chi connectivity index (χ4v) is 7.04. The second-order valence-electron chi connectivity index (χ2n) is 14.4. The van der Waals surface area contributed by atoms with E-state index in [1.54, 1.807) is 16.2 Å². The van der Waals surface area contributed by atoms with Crippen molar-refractivity contribution in [3.63, 3.8) is 0 Å². The molecule has 234 valence electrons. The summed E-state index contributed by atoms with van der Waals surface area (Å²) in [5.41, 5.74) is 10.0. The Balaban J connectivity index is 1.35. The molecular formula is C33H48N6O3S. The predicted molar refractivity (Wildman–Crippen MR) is 170 cm³/mol. The summed E-state index contributed by atoms with van der Waals surface area (Å²) in [6.45, 7) is 17.1. The van der Waals surface area contributed by atoms with Crippen LogP contribution in [0, 0.1) is 25.2 Å². The number of aryl methyl sites for hydroxylation is 2. The molecule has 0 bridgehead atoms. The number of rotatable bonds is 8. The third-order valence-electron chi connectivity index (χ3n) is 8.42. The number of benzene rings is 1. The molecule has 10 heteroatoms. The Morgan fingerprint density at radius 1 is 1.16 bits per heavy atom. The number of hydrogen-bond acceptors (Lipinski definition) is 8. The Bertz CT molecular complexity index is 1390. The zero-order valence-electron chi connectivity index (χ0n) is 27.2. The van der Waals surface area contributed by atoms with Crippen molar-refractivity contribution in [2.75, 3.05) is 13.6 Å². The lowest BCUT2D eigenvalue weighted by atomic mass is 9.85. The third-order valence-corrected chi connectivity index (χ3v) is 9.40. The highest BCUT2D eigenvalue weighted by atomic mass is 32.1. The molecule has 3 heterocycles. The Labute approximate surface area is 260 Å². The summed E-state index contributed by atoms with van der Waals surface area (Å²) in [7, 11) is 2.00. The van der Waals surface area contributed by atoms with Gasteiger partial charge in [0.25, 0.3) is 0 Å². The van der Waals surface area contributed by atoms with Gasteiger partial charge in [0.05, 0.1) is 33.5 Å². The van der Waals surface area contributed by atoms with Gasteiger partial charge in [-0.05, 0) is 69.6 Å². The van der Waals surface area contributed by atoms with Gasteiger partial charge in [-0.1, -0.05) is 39.0 Å². The van der Waals surface area contributed by atoms with Gasteiger partial charge >= 0.3 is 0 Å². The first-order valence-electron chi connectivity index (χ1n) is 15.4. The minimum Gasteiger partial charge on any atom is -0.371 e. The Morgan fingerprint density at radius 3 is 2.47 bits per heavy atom. The van der Waals surface area contributed by atoms with Gasteiger partial charge in [-0.2, -0.15) is 0 Å². The van der Waals surface area contributed by atoms with E-state index in [0.717, 1.165) is 27.3 Å². The van der Waals surface area contributed by atoms with Crippen molar-refractivity contribution in [3.05, 3.63) is 52.4 Å². The topological polar surface area (TPSA) is 90.0 Å². The first-order valence-corrected chi connectivity index (χ1v) is 16.3. The van der Waals surface area contributed by atoms with Gasteiger partial charge in [0.2, 0.25) is 11.8 Å². The number of ether oxygens (including phenoxy) is 1. The van der Waals surface area contributed by atoms with E-state index in [4.69, 9.17) is 4.74 Å². The number of thiazole rings is 1. The maximum Gasteiger partial charge on any atom is 0.248 e. The van der Waals surface area contributed by atoms with Crippen LogP contribution in [0.4, 0.5) is 0 Å². The standard InChI is InChI=1S/C33H48N6O3S/c1-20-14-23(28-21(2)35-19-43-28)12-13-24(20)16-34-30(40)26-15-25(42-33(6,7)8)17-38(26)31(41)29(32(3,4)5)39-18-27(22-10-11-22)37(9)36-39/h12-14,18-19,22,25-26,29,36H,10-11,15-17H2,1-9H3,(H,34,40)/t25-,26?,29-/m1/s1. The second kappa shape index (κ2) is 11.9. The van der Waals surface area contributed by atoms with Crippen molar-refractivity contribution >= 4 is 23.2 Å². The van der Waals surface area contributed by atoms with Gasteiger partial charge in [0.15, 0.2) is 0 Å². The van der Waals surface area contributed by atoms with Crippen LogP contribution < -0.4 is 10.9 Å². The van der Waals surface area contributed by atoms with E-state index < -0.39 is 12.1 Å². The molecule has 2 fully saturated rings. The molecule has 9 nitrogen and oxygen atoms in total. The van der Waals surface area contributed by atoms with Crippen molar-refractivity contribution in [2.24, 2.45) is 11.3 Å². The summed E-state index contributed by atoms with van der Waals surface area (Å²) in [5.74, 6) is 0.322. The number of allylic oxidation sites excluding steroid dienone is 1. The summed E-state index contributed by atoms with van der Waals surface area (Å²) in [5, 5.41) is 7.12. The molecule has 43 heavy (non-hydrogen) atoms. The largest absolute Gasteiger partial charge is 0.371 e. The Hall–Kier alpha value is -2.95. The highest BCUT2D eigenvalue weighted by Gasteiger charge is 2.48. The number of hydrazine groups is 2. The van der Waals surface area contributed by atoms with Crippen LogP contribution in [-0.2, 0) is 20.9 Å². The van der Waals surface area contributed by atoms with Gasteiger partial charge in [0, 0.05) is 38.7 Å². The molecule has 1 saturated carbocycles. The highest BCUT2D eigenvalue weighted by molar-refractivity contribution is 7.13. The summed E-state index contributed by atoms with van der Waals surface area (Å²) in [6, 6.07) is 5.20. The number of hydrogen-bond donors (Lipinski definition) is 2. The number of nitrogens with zero attached hydrogens (tertiary/aromatic N) is 4. The molecule has 0 radical (unpaired) electrons. The SMILES string of the molecule is Cc1cc(-c2scnc2C)ccc1CNC(=O)C1C[C@@H](OC(C)(C)C)CN1C(=O)[C@@H](N1C=C(C2CC2)N(C)N1)C(C)(C)C. The molecule has 1 unspecified atom stereocenters. The number of aromatic nitrogens is 1. The van der Waals surface area contributed by atoms with E-state index in [1.807, 2.05) is 50.3 Å². The number of carbonyl (C=O) groups is 2. The molecule has 5 rings (SSSR count). The third kappa shape index (κ3) is 7.07. The van der Waals surface area contributed by atoms with E-state index >= 15 is 0 Å². The minimum atomic E-state index is -0.615. The van der Waals surface area contributed by atoms with Crippen LogP contribution in [0.3, 0.4) is 0 Å². The molecule has 3 aliphatic rings. The lowest BCUT2D eigenvalue weighted by molar-refractivity contribution is -0.147. The molecule has 2 N–H and O–H groups in total. The Kier molecular flexibility index (Phi) is 8.68. The van der Waals surface area contributed by atoms with Gasteiger partial charge < -0.3 is 15.0 Å². The van der Waals surface area contributed by atoms with Crippen molar-refractivity contribution in [2.45, 2.75) is 105 Å². The van der Waals surface area contributed by atoms with Gasteiger partial charge in [0.1, 0.15) is 12.1 Å².